The smallest absolute Gasteiger partial charge is 0.411 e. The zero-order chi connectivity index (χ0) is 12.8. The highest BCUT2D eigenvalue weighted by Crippen LogP contribution is 2.23. The van der Waals surface area contributed by atoms with Gasteiger partial charge >= 0.3 is 12.2 Å². The van der Waals surface area contributed by atoms with Crippen molar-refractivity contribution in [1.29, 1.82) is 0 Å². The third-order valence-corrected chi connectivity index (χ3v) is 1.93. The Labute approximate surface area is 98.9 Å². The molecule has 0 bridgehead atoms. The van der Waals surface area contributed by atoms with E-state index in [0.29, 0.717) is 16.9 Å². The molecule has 6 nitrogen and oxygen atoms in total. The quantitative estimate of drug-likeness (QED) is 0.826. The van der Waals surface area contributed by atoms with E-state index < -0.39 is 12.2 Å². The van der Waals surface area contributed by atoms with Crippen LogP contribution < -0.4 is 10.6 Å². The number of carbonyl (C=O) groups excluding carboxylic acids is 2. The maximum atomic E-state index is 11.1. The van der Waals surface area contributed by atoms with Crippen molar-refractivity contribution in [3.8, 4) is 0 Å². The molecule has 91 valence electrons. The van der Waals surface area contributed by atoms with Gasteiger partial charge < -0.3 is 9.47 Å². The normalized spacial score (nSPS) is 9.35. The lowest BCUT2D eigenvalue weighted by molar-refractivity contribution is 0.185. The van der Waals surface area contributed by atoms with E-state index >= 15 is 0 Å². The summed E-state index contributed by atoms with van der Waals surface area (Å²) in [5, 5.41) is 4.92. The molecule has 0 atom stereocenters. The molecule has 0 unspecified atom stereocenters. The van der Waals surface area contributed by atoms with E-state index in [2.05, 4.69) is 27.0 Å². The average Bonchev–Trinajstić information content (AvgIpc) is 2.32. The largest absolute Gasteiger partial charge is 0.453 e. The monoisotopic (exact) mass is 237 g/mol. The average molecular weight is 237 g/mol. The fourth-order valence-corrected chi connectivity index (χ4v) is 1.13. The van der Waals surface area contributed by atoms with Crippen molar-refractivity contribution in [2.75, 3.05) is 24.9 Å². The summed E-state index contributed by atoms with van der Waals surface area (Å²) in [6.45, 7) is 3.72. The molecule has 0 saturated carbocycles. The minimum absolute atomic E-state index is 0.384. The van der Waals surface area contributed by atoms with Gasteiger partial charge in [0.1, 0.15) is 0 Å². The number of anilines is 2. The lowest BCUT2D eigenvalue weighted by Crippen LogP contribution is -2.16. The minimum atomic E-state index is -0.636. The van der Waals surface area contributed by atoms with Gasteiger partial charge in [0, 0.05) is 0 Å². The first-order chi connectivity index (χ1) is 8.06. The first kappa shape index (κ1) is 12.8. The zero-order valence-corrected chi connectivity index (χ0v) is 9.57. The molecule has 0 spiro atoms. The molecule has 6 heteroatoms. The summed E-state index contributed by atoms with van der Waals surface area (Å²) in [7, 11) is 2.50. The second kappa shape index (κ2) is 5.74. The van der Waals surface area contributed by atoms with Gasteiger partial charge in [-0.25, -0.2) is 9.59 Å². The predicted octanol–water partition coefficient (Wildman–Crippen LogP) is 2.23. The fraction of sp³-hybridized carbons (Fsp3) is 0.182. The Morgan fingerprint density at radius 2 is 1.59 bits per heavy atom. The molecule has 1 aromatic rings. The van der Waals surface area contributed by atoms with E-state index in [0.717, 1.165) is 0 Å². The molecule has 17 heavy (non-hydrogen) atoms. The lowest BCUT2D eigenvalue weighted by Gasteiger charge is -2.11. The van der Waals surface area contributed by atoms with E-state index in [4.69, 9.17) is 0 Å². The Morgan fingerprint density at radius 3 is 2.12 bits per heavy atom. The second-order valence-corrected chi connectivity index (χ2v) is 3.11. The number of methoxy groups -OCH3 is 2. The van der Waals surface area contributed by atoms with E-state index in [1.807, 2.05) is 0 Å². The number of rotatable bonds is 2. The Kier molecular flexibility index (Phi) is 4.33. The highest BCUT2D eigenvalue weighted by atomic mass is 16.5. The molecular formula is C11H13N2O4. The van der Waals surface area contributed by atoms with Gasteiger partial charge in [0.05, 0.1) is 25.6 Å². The van der Waals surface area contributed by atoms with Crippen molar-refractivity contribution < 1.29 is 19.1 Å². The van der Waals surface area contributed by atoms with Gasteiger partial charge in [0.25, 0.3) is 0 Å². The van der Waals surface area contributed by atoms with E-state index in [1.165, 1.54) is 14.2 Å². The minimum Gasteiger partial charge on any atom is -0.453 e. The standard InChI is InChI=1S/C11H13N2O4/c1-7-4-5-8(12-10(14)16-2)9(6-7)13-11(15)17-3/h4-6H,1H2,2-3H3,(H,12,14)(H,13,15). The molecule has 0 aromatic heterocycles. The summed E-state index contributed by atoms with van der Waals surface area (Å²) >= 11 is 0. The number of ether oxygens (including phenoxy) is 2. The van der Waals surface area contributed by atoms with Gasteiger partial charge in [0.15, 0.2) is 0 Å². The summed E-state index contributed by atoms with van der Waals surface area (Å²) in [4.78, 5) is 22.2. The Balaban J connectivity index is 2.95. The SMILES string of the molecule is [CH2]c1ccc(NC(=O)OC)c(NC(=O)OC)c1. The number of benzene rings is 1. The molecule has 1 aromatic carbocycles. The third-order valence-electron chi connectivity index (χ3n) is 1.93. The molecule has 0 fully saturated rings. The van der Waals surface area contributed by atoms with Crippen molar-refractivity contribution in [2.45, 2.75) is 0 Å². The van der Waals surface area contributed by atoms with Crippen LogP contribution in [-0.4, -0.2) is 26.4 Å². The molecule has 2 N–H and O–H groups in total. The highest BCUT2D eigenvalue weighted by molar-refractivity contribution is 5.95. The maximum absolute atomic E-state index is 11.1. The number of nitrogens with one attached hydrogen (secondary N) is 2. The van der Waals surface area contributed by atoms with Crippen molar-refractivity contribution >= 4 is 23.6 Å². The zero-order valence-electron chi connectivity index (χ0n) is 9.57. The first-order valence-corrected chi connectivity index (χ1v) is 4.72. The summed E-state index contributed by atoms with van der Waals surface area (Å²) in [5.41, 5.74) is 1.47. The van der Waals surface area contributed by atoms with Crippen LogP contribution in [0.2, 0.25) is 0 Å². The Hall–Kier alpha value is -2.24. The molecule has 0 heterocycles. The van der Waals surface area contributed by atoms with Crippen LogP contribution in [0.25, 0.3) is 0 Å². The molecule has 0 aliphatic heterocycles. The van der Waals surface area contributed by atoms with Gasteiger partial charge in [-0.1, -0.05) is 6.07 Å². The Morgan fingerprint density at radius 1 is 1.06 bits per heavy atom. The molecular weight excluding hydrogens is 224 g/mol. The number of hydrogen-bond donors (Lipinski definition) is 2. The second-order valence-electron chi connectivity index (χ2n) is 3.11. The van der Waals surface area contributed by atoms with Crippen molar-refractivity contribution in [1.82, 2.24) is 0 Å². The molecule has 0 aliphatic rings. The van der Waals surface area contributed by atoms with Crippen LogP contribution in [0.5, 0.6) is 0 Å². The lowest BCUT2D eigenvalue weighted by atomic mass is 10.2. The highest BCUT2D eigenvalue weighted by Gasteiger charge is 2.09. The van der Waals surface area contributed by atoms with Crippen LogP contribution in [0.15, 0.2) is 18.2 Å². The van der Waals surface area contributed by atoms with Gasteiger partial charge in [-0.3, -0.25) is 10.6 Å². The van der Waals surface area contributed by atoms with Crippen molar-refractivity contribution in [3.63, 3.8) is 0 Å². The van der Waals surface area contributed by atoms with Crippen molar-refractivity contribution in [2.24, 2.45) is 0 Å². The molecule has 2 amide bonds. The number of hydrogen-bond acceptors (Lipinski definition) is 4. The van der Waals surface area contributed by atoms with Crippen LogP contribution in [0.1, 0.15) is 5.56 Å². The molecule has 0 aliphatic carbocycles. The van der Waals surface area contributed by atoms with Crippen molar-refractivity contribution in [3.05, 3.63) is 30.7 Å². The van der Waals surface area contributed by atoms with E-state index in [-0.39, 0.29) is 0 Å². The molecule has 1 radical (unpaired) electrons. The third kappa shape index (κ3) is 3.67. The van der Waals surface area contributed by atoms with E-state index in [9.17, 15) is 9.59 Å². The summed E-state index contributed by atoms with van der Waals surface area (Å²) in [5.74, 6) is 0. The summed E-state index contributed by atoms with van der Waals surface area (Å²) in [6.07, 6.45) is -1.27. The van der Waals surface area contributed by atoms with Gasteiger partial charge in [-0.2, -0.15) is 0 Å². The summed E-state index contributed by atoms with van der Waals surface area (Å²) < 4.78 is 8.93. The first-order valence-electron chi connectivity index (χ1n) is 4.72. The van der Waals surface area contributed by atoms with Gasteiger partial charge in [-0.05, 0) is 24.6 Å². The van der Waals surface area contributed by atoms with Crippen LogP contribution in [0.3, 0.4) is 0 Å². The van der Waals surface area contributed by atoms with Gasteiger partial charge in [-0.15, -0.1) is 0 Å². The molecule has 0 saturated heterocycles. The van der Waals surface area contributed by atoms with Crippen LogP contribution >= 0.6 is 0 Å². The summed E-state index contributed by atoms with van der Waals surface area (Å²) in [6, 6.07) is 4.89. The topological polar surface area (TPSA) is 76.7 Å². The predicted molar refractivity (Wildman–Crippen MR) is 63.0 cm³/mol. The molecule has 1 rings (SSSR count). The van der Waals surface area contributed by atoms with E-state index in [1.54, 1.807) is 18.2 Å². The van der Waals surface area contributed by atoms with Crippen LogP contribution in [-0.2, 0) is 9.47 Å². The van der Waals surface area contributed by atoms with Gasteiger partial charge in [0.2, 0.25) is 0 Å². The Bertz CT molecular complexity index is 431. The van der Waals surface area contributed by atoms with Crippen LogP contribution in [0.4, 0.5) is 21.0 Å². The number of amides is 2. The van der Waals surface area contributed by atoms with Crippen LogP contribution in [0, 0.1) is 6.92 Å². The maximum Gasteiger partial charge on any atom is 0.411 e. The fourth-order valence-electron chi connectivity index (χ4n) is 1.13. The number of carbonyl (C=O) groups is 2.